The number of rotatable bonds is 6. The molecule has 96 valence electrons. The molecule has 0 radical (unpaired) electrons. The molecule has 2 aromatic rings. The van der Waals surface area contributed by atoms with Crippen molar-refractivity contribution in [2.45, 2.75) is 6.92 Å². The fourth-order valence-corrected chi connectivity index (χ4v) is 1.56. The minimum atomic E-state index is -1.05. The molecule has 18 heavy (non-hydrogen) atoms. The van der Waals surface area contributed by atoms with Crippen LogP contribution in [0.1, 0.15) is 6.92 Å². The summed E-state index contributed by atoms with van der Waals surface area (Å²) in [7, 11) is 0.360. The lowest BCUT2D eigenvalue weighted by Crippen LogP contribution is -2.30. The van der Waals surface area contributed by atoms with E-state index in [9.17, 15) is 5.02 Å². The highest BCUT2D eigenvalue weighted by Crippen LogP contribution is 2.21. The van der Waals surface area contributed by atoms with Crippen molar-refractivity contribution in [2.75, 3.05) is 20.5 Å². The maximum absolute atomic E-state index is 9.51. The fourth-order valence-electron chi connectivity index (χ4n) is 1.56. The molecule has 1 heterocycles. The van der Waals surface area contributed by atoms with Crippen LogP contribution < -0.4 is 10.4 Å². The molecule has 1 aromatic carbocycles. The number of ether oxygens (including phenoxy) is 2. The van der Waals surface area contributed by atoms with Crippen LogP contribution in [0.2, 0.25) is 0 Å². The van der Waals surface area contributed by atoms with Gasteiger partial charge in [0.1, 0.15) is 17.0 Å². The highest BCUT2D eigenvalue weighted by atomic mass is 16.7. The average Bonchev–Trinajstić information content (AvgIpc) is 2.81. The van der Waals surface area contributed by atoms with Crippen LogP contribution >= 0.6 is 0 Å². The molecule has 0 atom stereocenters. The predicted molar refractivity (Wildman–Crippen MR) is 68.0 cm³/mol. The highest BCUT2D eigenvalue weighted by molar-refractivity contribution is 6.58. The first-order valence-electron chi connectivity index (χ1n) is 5.69. The molecular formula is C12H15BO5. The third-order valence-electron chi connectivity index (χ3n) is 2.49. The Morgan fingerprint density at radius 1 is 1.33 bits per heavy atom. The third kappa shape index (κ3) is 2.84. The smallest absolute Gasteiger partial charge is 0.468 e. The van der Waals surface area contributed by atoms with Crippen molar-refractivity contribution in [3.8, 4) is 5.75 Å². The zero-order valence-corrected chi connectivity index (χ0v) is 10.4. The molecular weight excluding hydrogens is 235 g/mol. The van der Waals surface area contributed by atoms with Gasteiger partial charge in [0.15, 0.2) is 6.79 Å². The number of furan rings is 1. The van der Waals surface area contributed by atoms with Crippen LogP contribution in [0.3, 0.4) is 0 Å². The first-order valence-corrected chi connectivity index (χ1v) is 5.69. The van der Waals surface area contributed by atoms with E-state index in [1.54, 1.807) is 18.2 Å². The molecule has 0 aliphatic rings. The van der Waals surface area contributed by atoms with Crippen LogP contribution in [0.4, 0.5) is 0 Å². The largest absolute Gasteiger partial charge is 0.528 e. The zero-order chi connectivity index (χ0) is 13.0. The lowest BCUT2D eigenvalue weighted by Gasteiger charge is -2.04. The van der Waals surface area contributed by atoms with E-state index < -0.39 is 7.12 Å². The monoisotopic (exact) mass is 250 g/mol. The fraction of sp³-hybridized carbons (Fsp3) is 0.333. The minimum Gasteiger partial charge on any atom is -0.468 e. The molecule has 0 aliphatic heterocycles. The summed E-state index contributed by atoms with van der Waals surface area (Å²) >= 11 is 0. The van der Waals surface area contributed by atoms with Crippen LogP contribution in [0.15, 0.2) is 28.7 Å². The summed E-state index contributed by atoms with van der Waals surface area (Å²) < 4.78 is 20.7. The zero-order valence-electron chi connectivity index (χ0n) is 10.4. The van der Waals surface area contributed by atoms with Crippen LogP contribution in [-0.4, -0.2) is 32.7 Å². The lowest BCUT2D eigenvalue weighted by atomic mass is 9.87. The van der Waals surface area contributed by atoms with E-state index in [-0.39, 0.29) is 6.79 Å². The van der Waals surface area contributed by atoms with E-state index in [4.69, 9.17) is 18.5 Å². The summed E-state index contributed by atoms with van der Waals surface area (Å²) in [6.07, 6.45) is 0. The van der Waals surface area contributed by atoms with Gasteiger partial charge >= 0.3 is 7.12 Å². The van der Waals surface area contributed by atoms with E-state index in [0.717, 1.165) is 5.39 Å². The third-order valence-corrected chi connectivity index (χ3v) is 2.49. The molecule has 5 nitrogen and oxygen atoms in total. The van der Waals surface area contributed by atoms with Gasteiger partial charge in [0.05, 0.1) is 0 Å². The topological polar surface area (TPSA) is 61.1 Å². The maximum atomic E-state index is 9.51. The summed E-state index contributed by atoms with van der Waals surface area (Å²) in [5.74, 6) is 0.690. The van der Waals surface area contributed by atoms with Gasteiger partial charge in [0, 0.05) is 19.1 Å². The molecule has 0 amide bonds. The lowest BCUT2D eigenvalue weighted by molar-refractivity contribution is 0.0225. The molecule has 2 rings (SSSR count). The second-order valence-corrected chi connectivity index (χ2v) is 3.69. The van der Waals surface area contributed by atoms with Gasteiger partial charge in [-0.2, -0.15) is 0 Å². The Balaban J connectivity index is 2.17. The van der Waals surface area contributed by atoms with Gasteiger partial charge in [-0.1, -0.05) is 0 Å². The molecule has 0 saturated heterocycles. The second-order valence-electron chi connectivity index (χ2n) is 3.69. The Labute approximate surface area is 105 Å². The Morgan fingerprint density at radius 3 is 2.89 bits per heavy atom. The molecule has 0 saturated carbocycles. The molecule has 0 bridgehead atoms. The molecule has 6 heteroatoms. The van der Waals surface area contributed by atoms with Crippen LogP contribution in [-0.2, 0) is 9.39 Å². The Kier molecular flexibility index (Phi) is 4.25. The van der Waals surface area contributed by atoms with Crippen molar-refractivity contribution in [2.24, 2.45) is 0 Å². The first-order chi connectivity index (χ1) is 8.74. The van der Waals surface area contributed by atoms with Crippen LogP contribution in [0.5, 0.6) is 5.75 Å². The molecule has 1 N–H and O–H groups in total. The van der Waals surface area contributed by atoms with E-state index in [2.05, 4.69) is 0 Å². The van der Waals surface area contributed by atoms with Crippen LogP contribution in [0.25, 0.3) is 11.0 Å². The molecule has 0 spiro atoms. The summed E-state index contributed by atoms with van der Waals surface area (Å²) in [6.45, 7) is 2.73. The Bertz CT molecular complexity index is 510. The maximum Gasteiger partial charge on any atom is 0.528 e. The molecule has 1 aromatic heterocycles. The number of benzene rings is 1. The van der Waals surface area contributed by atoms with Crippen molar-refractivity contribution in [3.63, 3.8) is 0 Å². The summed E-state index contributed by atoms with van der Waals surface area (Å²) in [5, 5.41) is 10.3. The van der Waals surface area contributed by atoms with E-state index in [0.29, 0.717) is 23.6 Å². The van der Waals surface area contributed by atoms with Gasteiger partial charge in [-0.15, -0.1) is 0 Å². The summed E-state index contributed by atoms with van der Waals surface area (Å²) in [5.41, 5.74) is 1.04. The van der Waals surface area contributed by atoms with E-state index in [1.807, 2.05) is 13.0 Å². The van der Waals surface area contributed by atoms with Crippen molar-refractivity contribution < 1.29 is 23.6 Å². The van der Waals surface area contributed by atoms with E-state index in [1.165, 1.54) is 7.11 Å². The first kappa shape index (κ1) is 12.9. The molecule has 0 aliphatic carbocycles. The van der Waals surface area contributed by atoms with Gasteiger partial charge < -0.3 is 23.6 Å². The summed E-state index contributed by atoms with van der Waals surface area (Å²) in [6, 6.07) is 7.11. The quantitative estimate of drug-likeness (QED) is 0.473. The highest BCUT2D eigenvalue weighted by Gasteiger charge is 2.20. The predicted octanol–water partition coefficient (Wildman–Crippen LogP) is 1.14. The van der Waals surface area contributed by atoms with Crippen molar-refractivity contribution in [3.05, 3.63) is 24.3 Å². The van der Waals surface area contributed by atoms with Crippen molar-refractivity contribution in [1.29, 1.82) is 0 Å². The number of fused-ring (bicyclic) bond motifs is 1. The summed E-state index contributed by atoms with van der Waals surface area (Å²) in [4.78, 5) is 0. The Hall–Kier alpha value is -1.50. The van der Waals surface area contributed by atoms with Gasteiger partial charge in [-0.3, -0.25) is 0 Å². The van der Waals surface area contributed by atoms with Gasteiger partial charge in [0.2, 0.25) is 0 Å². The van der Waals surface area contributed by atoms with Gasteiger partial charge in [-0.05, 0) is 31.2 Å². The molecule has 0 unspecified atom stereocenters. The number of hydrogen-bond donors (Lipinski definition) is 1. The second kappa shape index (κ2) is 5.90. The SMILES string of the molecule is CCOCOc1ccc2oc(B(O)OC)cc2c1. The van der Waals surface area contributed by atoms with Crippen LogP contribution in [0, 0.1) is 0 Å². The van der Waals surface area contributed by atoms with Gasteiger partial charge in [0.25, 0.3) is 0 Å². The molecule has 0 fully saturated rings. The average molecular weight is 250 g/mol. The normalized spacial score (nSPS) is 10.8. The van der Waals surface area contributed by atoms with Gasteiger partial charge in [-0.25, -0.2) is 0 Å². The van der Waals surface area contributed by atoms with E-state index >= 15 is 0 Å². The van der Waals surface area contributed by atoms with Crippen molar-refractivity contribution in [1.82, 2.24) is 0 Å². The Morgan fingerprint density at radius 2 is 2.17 bits per heavy atom. The minimum absolute atomic E-state index is 0.216. The standard InChI is InChI=1S/C12H15BO5/c1-3-16-8-17-10-4-5-11-9(6-10)7-12(18-11)13(14)15-2/h4-7,14H,3,8H2,1-2H3. The van der Waals surface area contributed by atoms with Crippen molar-refractivity contribution >= 4 is 23.7 Å². The number of hydrogen-bond acceptors (Lipinski definition) is 5.